The third-order valence-electron chi connectivity index (χ3n) is 4.82. The van der Waals surface area contributed by atoms with Crippen molar-refractivity contribution in [3.05, 3.63) is 12.7 Å². The highest BCUT2D eigenvalue weighted by molar-refractivity contribution is 5.81. The quantitative estimate of drug-likeness (QED) is 0.861. The molecule has 0 saturated carbocycles. The molecule has 2 N–H and O–H groups in total. The van der Waals surface area contributed by atoms with Crippen molar-refractivity contribution in [2.75, 3.05) is 33.2 Å². The number of fused-ring (bicyclic) bond motifs is 2. The van der Waals surface area contributed by atoms with E-state index in [1.165, 1.54) is 6.33 Å². The number of hydrogen-bond donors (Lipinski definition) is 1. The van der Waals surface area contributed by atoms with E-state index in [1.54, 1.807) is 20.5 Å². The van der Waals surface area contributed by atoms with Gasteiger partial charge in [0.25, 0.3) is 0 Å². The highest BCUT2D eigenvalue weighted by atomic mass is 16.6. The Bertz CT molecular complexity index is 734. The fourth-order valence-corrected chi connectivity index (χ4v) is 3.80. The van der Waals surface area contributed by atoms with E-state index in [9.17, 15) is 0 Å². The smallest absolute Gasteiger partial charge is 0.167 e. The maximum atomic E-state index is 6.44. The Kier molecular flexibility index (Phi) is 3.87. The van der Waals surface area contributed by atoms with Crippen molar-refractivity contribution >= 4 is 17.0 Å². The van der Waals surface area contributed by atoms with Crippen molar-refractivity contribution in [3.63, 3.8) is 0 Å². The molecule has 0 amide bonds. The van der Waals surface area contributed by atoms with Gasteiger partial charge in [0.15, 0.2) is 17.7 Å². The molecular weight excluding hydrogens is 314 g/mol. The third-order valence-corrected chi connectivity index (χ3v) is 4.82. The molecule has 2 fully saturated rings. The molecule has 0 bridgehead atoms. The second kappa shape index (κ2) is 5.92. The van der Waals surface area contributed by atoms with Gasteiger partial charge in [-0.3, -0.25) is 4.57 Å². The summed E-state index contributed by atoms with van der Waals surface area (Å²) in [5, 5.41) is 0. The van der Waals surface area contributed by atoms with Crippen molar-refractivity contribution in [2.45, 2.75) is 36.9 Å². The van der Waals surface area contributed by atoms with E-state index in [-0.39, 0.29) is 12.2 Å². The lowest BCUT2D eigenvalue weighted by atomic mass is 9.88. The van der Waals surface area contributed by atoms with E-state index in [4.69, 9.17) is 24.7 Å². The summed E-state index contributed by atoms with van der Waals surface area (Å²) in [7, 11) is 3.32. The molecule has 0 aliphatic carbocycles. The summed E-state index contributed by atoms with van der Waals surface area (Å²) >= 11 is 0. The molecule has 2 aliphatic heterocycles. The number of nitrogens with two attached hydrogens (primary N) is 1. The second-order valence-corrected chi connectivity index (χ2v) is 6.18. The van der Waals surface area contributed by atoms with Gasteiger partial charge >= 0.3 is 0 Å². The second-order valence-electron chi connectivity index (χ2n) is 6.18. The number of methoxy groups -OCH3 is 2. The molecule has 2 aliphatic rings. The minimum atomic E-state index is -0.534. The van der Waals surface area contributed by atoms with Gasteiger partial charge in [-0.15, -0.1) is 0 Å². The van der Waals surface area contributed by atoms with Crippen LogP contribution >= 0.6 is 0 Å². The van der Waals surface area contributed by atoms with Crippen molar-refractivity contribution in [3.8, 4) is 0 Å². The number of anilines is 1. The molecule has 4 rings (SSSR count). The summed E-state index contributed by atoms with van der Waals surface area (Å²) in [6.45, 7) is 1.13. The number of hydrogen-bond acceptors (Lipinski definition) is 8. The largest absolute Gasteiger partial charge is 0.382 e. The van der Waals surface area contributed by atoms with Crippen LogP contribution in [0.25, 0.3) is 11.2 Å². The fraction of sp³-hybridized carbons (Fsp3) is 0.667. The van der Waals surface area contributed by atoms with Gasteiger partial charge < -0.3 is 24.7 Å². The topological polar surface area (TPSA) is 107 Å². The predicted octanol–water partition coefficient (Wildman–Crippen LogP) is 0.517. The van der Waals surface area contributed by atoms with E-state index < -0.39 is 11.8 Å². The first-order valence-corrected chi connectivity index (χ1v) is 7.94. The number of ether oxygens (including phenoxy) is 4. The first-order valence-electron chi connectivity index (χ1n) is 7.94. The molecule has 0 aromatic carbocycles. The Morgan fingerprint density at radius 2 is 2.25 bits per heavy atom. The zero-order valence-electron chi connectivity index (χ0n) is 13.7. The normalized spacial score (nSPS) is 33.0. The summed E-state index contributed by atoms with van der Waals surface area (Å²) in [6, 6.07) is 0. The first-order chi connectivity index (χ1) is 11.7. The third kappa shape index (κ3) is 2.20. The summed E-state index contributed by atoms with van der Waals surface area (Å²) in [5.74, 6) is 0.339. The van der Waals surface area contributed by atoms with Crippen molar-refractivity contribution in [1.82, 2.24) is 19.5 Å². The monoisotopic (exact) mass is 335 g/mol. The molecule has 130 valence electrons. The number of aromatic nitrogens is 4. The summed E-state index contributed by atoms with van der Waals surface area (Å²) < 4.78 is 25.4. The summed E-state index contributed by atoms with van der Waals surface area (Å²) in [5.41, 5.74) is 6.51. The van der Waals surface area contributed by atoms with Crippen LogP contribution in [0.3, 0.4) is 0 Å². The molecule has 2 saturated heterocycles. The average Bonchev–Trinajstić information content (AvgIpc) is 3.14. The molecule has 9 heteroatoms. The number of rotatable bonds is 4. The molecule has 4 atom stereocenters. The molecule has 2 unspecified atom stereocenters. The lowest BCUT2D eigenvalue weighted by Gasteiger charge is -2.37. The maximum Gasteiger partial charge on any atom is 0.167 e. The van der Waals surface area contributed by atoms with Gasteiger partial charge in [0, 0.05) is 20.8 Å². The zero-order chi connectivity index (χ0) is 16.7. The van der Waals surface area contributed by atoms with Crippen LogP contribution in [-0.4, -0.2) is 64.8 Å². The highest BCUT2D eigenvalue weighted by Gasteiger charge is 2.58. The Hall–Kier alpha value is -1.81. The average molecular weight is 335 g/mol. The maximum absolute atomic E-state index is 6.44. The number of nitrogen functional groups attached to an aromatic ring is 1. The van der Waals surface area contributed by atoms with Crippen LogP contribution in [0.1, 0.15) is 19.1 Å². The molecule has 9 nitrogen and oxygen atoms in total. The van der Waals surface area contributed by atoms with Gasteiger partial charge in [-0.1, -0.05) is 0 Å². The highest BCUT2D eigenvalue weighted by Crippen LogP contribution is 2.46. The van der Waals surface area contributed by atoms with E-state index in [2.05, 4.69) is 15.0 Å². The van der Waals surface area contributed by atoms with Crippen molar-refractivity contribution in [1.29, 1.82) is 0 Å². The Balaban J connectivity index is 1.78. The number of nitrogens with zero attached hydrogens (tertiary/aromatic N) is 4. The minimum Gasteiger partial charge on any atom is -0.382 e. The van der Waals surface area contributed by atoms with Crippen molar-refractivity contribution < 1.29 is 18.9 Å². The summed E-state index contributed by atoms with van der Waals surface area (Å²) in [6.07, 6.45) is 3.92. The molecule has 2 aromatic rings. The zero-order valence-corrected chi connectivity index (χ0v) is 13.7. The number of imidazole rings is 1. The van der Waals surface area contributed by atoms with Gasteiger partial charge in [0.1, 0.15) is 29.7 Å². The Labute approximate surface area is 139 Å². The molecular formula is C15H21N5O4. The summed E-state index contributed by atoms with van der Waals surface area (Å²) in [4.78, 5) is 12.6. The fourth-order valence-electron chi connectivity index (χ4n) is 3.80. The van der Waals surface area contributed by atoms with Crippen LogP contribution < -0.4 is 5.73 Å². The lowest BCUT2D eigenvalue weighted by molar-refractivity contribution is -0.171. The SMILES string of the molecule is COC[C@]12CCCOC1C(OC)[C@H](n1cnc3c(N)ncnc31)O2. The van der Waals surface area contributed by atoms with Crippen LogP contribution in [0.15, 0.2) is 12.7 Å². The van der Waals surface area contributed by atoms with Crippen LogP contribution in [-0.2, 0) is 18.9 Å². The van der Waals surface area contributed by atoms with E-state index in [1.807, 2.05) is 4.57 Å². The first kappa shape index (κ1) is 15.7. The van der Waals surface area contributed by atoms with Crippen LogP contribution in [0.4, 0.5) is 5.82 Å². The molecule has 2 aromatic heterocycles. The Morgan fingerprint density at radius 3 is 3.04 bits per heavy atom. The van der Waals surface area contributed by atoms with Gasteiger partial charge in [-0.2, -0.15) is 0 Å². The minimum absolute atomic E-state index is 0.210. The standard InChI is InChI=1S/C15H21N5O4/c1-21-6-15-4-3-5-23-11(15)10(22-2)14(24-15)20-8-19-9-12(16)17-7-18-13(9)20/h7-8,10-11,14H,3-6H2,1-2H3,(H2,16,17,18)/t10?,11?,14-,15-/m1/s1. The van der Waals surface area contributed by atoms with Crippen molar-refractivity contribution in [2.24, 2.45) is 0 Å². The van der Waals surface area contributed by atoms with Crippen LogP contribution in [0.2, 0.25) is 0 Å². The molecule has 0 spiro atoms. The lowest BCUT2D eigenvalue weighted by Crippen LogP contribution is -2.51. The predicted molar refractivity (Wildman–Crippen MR) is 84.2 cm³/mol. The van der Waals surface area contributed by atoms with E-state index in [0.717, 1.165) is 12.8 Å². The van der Waals surface area contributed by atoms with Crippen LogP contribution in [0.5, 0.6) is 0 Å². The van der Waals surface area contributed by atoms with Gasteiger partial charge in [0.2, 0.25) is 0 Å². The molecule has 24 heavy (non-hydrogen) atoms. The van der Waals surface area contributed by atoms with Gasteiger partial charge in [-0.05, 0) is 12.8 Å². The Morgan fingerprint density at radius 1 is 1.38 bits per heavy atom. The van der Waals surface area contributed by atoms with Gasteiger partial charge in [0.05, 0.1) is 12.9 Å². The molecule has 4 heterocycles. The molecule has 0 radical (unpaired) electrons. The van der Waals surface area contributed by atoms with Crippen LogP contribution in [0, 0.1) is 0 Å². The van der Waals surface area contributed by atoms with E-state index in [0.29, 0.717) is 30.2 Å². The van der Waals surface area contributed by atoms with Gasteiger partial charge in [-0.25, -0.2) is 15.0 Å². The van der Waals surface area contributed by atoms with E-state index >= 15 is 0 Å².